The van der Waals surface area contributed by atoms with Gasteiger partial charge in [0.25, 0.3) is 5.56 Å². The number of rotatable bonds is 8. The smallest absolute Gasteiger partial charge is 0.331 e. The molecule has 9 nitrogen and oxygen atoms in total. The first kappa shape index (κ1) is 24.3. The van der Waals surface area contributed by atoms with Crippen molar-refractivity contribution in [3.63, 3.8) is 0 Å². The van der Waals surface area contributed by atoms with Crippen LogP contribution < -0.4 is 10.3 Å². The third-order valence-corrected chi connectivity index (χ3v) is 6.40. The van der Waals surface area contributed by atoms with E-state index in [4.69, 9.17) is 19.2 Å². The molecule has 1 N–H and O–H groups in total. The highest BCUT2D eigenvalue weighted by atomic mass is 32.2. The van der Waals surface area contributed by atoms with Crippen molar-refractivity contribution in [3.05, 3.63) is 58.4 Å². The second kappa shape index (κ2) is 10.2. The van der Waals surface area contributed by atoms with Crippen molar-refractivity contribution in [1.82, 2.24) is 14.5 Å². The minimum atomic E-state index is -1.37. The number of fused-ring (bicyclic) bond motifs is 3. The van der Waals surface area contributed by atoms with Gasteiger partial charge in [0.15, 0.2) is 5.16 Å². The zero-order chi connectivity index (χ0) is 25.1. The standard InChI is InChI=1S/C25H25N3O6S/c1-5-33-23(30)21(24(31)34-6-2)35-25-27-19-15-9-7-8-10-16(15)26-20(19)22(29)28(25)17-13-14(3)11-12-18(17)32-4/h7-13,21,26H,5-6H2,1-4H3. The maximum atomic E-state index is 13.9. The predicted molar refractivity (Wildman–Crippen MR) is 133 cm³/mol. The van der Waals surface area contributed by atoms with Crippen LogP contribution in [0, 0.1) is 6.92 Å². The molecule has 0 saturated heterocycles. The fourth-order valence-electron chi connectivity index (χ4n) is 3.74. The second-order valence-electron chi connectivity index (χ2n) is 7.61. The normalized spacial score (nSPS) is 11.2. The van der Waals surface area contributed by atoms with Crippen LogP contribution in [0.1, 0.15) is 19.4 Å². The molecule has 35 heavy (non-hydrogen) atoms. The Kier molecular flexibility index (Phi) is 7.11. The summed E-state index contributed by atoms with van der Waals surface area (Å²) in [7, 11) is 1.50. The highest BCUT2D eigenvalue weighted by Gasteiger charge is 2.33. The quantitative estimate of drug-likeness (QED) is 0.170. The molecule has 0 unspecified atom stereocenters. The number of nitrogens with one attached hydrogen (secondary N) is 1. The molecular formula is C25H25N3O6S. The summed E-state index contributed by atoms with van der Waals surface area (Å²) < 4.78 is 17.1. The highest BCUT2D eigenvalue weighted by molar-refractivity contribution is 8.01. The number of thioether (sulfide) groups is 1. The summed E-state index contributed by atoms with van der Waals surface area (Å²) >= 11 is 0.806. The SMILES string of the molecule is CCOC(=O)C(Sc1nc2c([nH]c3ccccc32)c(=O)n1-c1cc(C)ccc1OC)C(=O)OCC. The monoisotopic (exact) mass is 495 g/mol. The van der Waals surface area contributed by atoms with Gasteiger partial charge in [0.1, 0.15) is 16.8 Å². The van der Waals surface area contributed by atoms with Crippen LogP contribution in [0.3, 0.4) is 0 Å². The third kappa shape index (κ3) is 4.61. The van der Waals surface area contributed by atoms with Gasteiger partial charge in [0.05, 0.1) is 26.0 Å². The van der Waals surface area contributed by atoms with Crippen molar-refractivity contribution in [3.8, 4) is 11.4 Å². The molecule has 0 spiro atoms. The van der Waals surface area contributed by atoms with Crippen LogP contribution in [-0.4, -0.2) is 52.0 Å². The molecule has 0 aliphatic carbocycles. The number of aromatic nitrogens is 3. The van der Waals surface area contributed by atoms with Crippen LogP contribution in [0.25, 0.3) is 27.6 Å². The van der Waals surface area contributed by atoms with Gasteiger partial charge >= 0.3 is 11.9 Å². The summed E-state index contributed by atoms with van der Waals surface area (Å²) in [6.45, 7) is 5.35. The minimum absolute atomic E-state index is 0.0860. The van der Waals surface area contributed by atoms with Gasteiger partial charge in [-0.15, -0.1) is 0 Å². The van der Waals surface area contributed by atoms with Crippen LogP contribution in [0.15, 0.2) is 52.4 Å². The van der Waals surface area contributed by atoms with E-state index in [1.165, 1.54) is 11.7 Å². The van der Waals surface area contributed by atoms with E-state index in [1.807, 2.05) is 37.3 Å². The Morgan fingerprint density at radius 2 is 1.77 bits per heavy atom. The van der Waals surface area contributed by atoms with Gasteiger partial charge in [-0.2, -0.15) is 0 Å². The van der Waals surface area contributed by atoms with Crippen molar-refractivity contribution < 1.29 is 23.8 Å². The van der Waals surface area contributed by atoms with Gasteiger partial charge < -0.3 is 19.2 Å². The Hall–Kier alpha value is -3.79. The molecule has 0 fully saturated rings. The summed E-state index contributed by atoms with van der Waals surface area (Å²) in [4.78, 5) is 47.2. The number of benzene rings is 2. The number of H-pyrrole nitrogens is 1. The average Bonchev–Trinajstić information content (AvgIpc) is 3.22. The van der Waals surface area contributed by atoms with Crippen LogP contribution in [0.2, 0.25) is 0 Å². The molecule has 0 aliphatic heterocycles. The maximum Gasteiger partial charge on any atom is 0.331 e. The number of para-hydroxylation sites is 1. The van der Waals surface area contributed by atoms with Crippen molar-refractivity contribution >= 4 is 45.6 Å². The Morgan fingerprint density at radius 3 is 2.43 bits per heavy atom. The molecule has 2 heterocycles. The molecule has 0 bridgehead atoms. The van der Waals surface area contributed by atoms with Gasteiger partial charge in [-0.05, 0) is 44.5 Å². The molecule has 0 amide bonds. The van der Waals surface area contributed by atoms with E-state index in [1.54, 1.807) is 26.0 Å². The maximum absolute atomic E-state index is 13.9. The van der Waals surface area contributed by atoms with Crippen LogP contribution in [0.5, 0.6) is 5.75 Å². The lowest BCUT2D eigenvalue weighted by Gasteiger charge is -2.18. The summed E-state index contributed by atoms with van der Waals surface area (Å²) in [5, 5.41) is -0.498. The first-order valence-corrected chi connectivity index (χ1v) is 12.0. The molecule has 2 aromatic heterocycles. The number of carbonyl (C=O) groups is 2. The Balaban J connectivity index is 2.02. The molecule has 0 radical (unpaired) electrons. The largest absolute Gasteiger partial charge is 0.495 e. The molecule has 0 aliphatic rings. The van der Waals surface area contributed by atoms with Gasteiger partial charge in [-0.25, -0.2) is 9.55 Å². The number of nitrogens with zero attached hydrogens (tertiary/aromatic N) is 2. The van der Waals surface area contributed by atoms with Crippen molar-refractivity contribution in [2.45, 2.75) is 31.2 Å². The molecule has 2 aromatic carbocycles. The molecule has 182 valence electrons. The average molecular weight is 496 g/mol. The van der Waals surface area contributed by atoms with E-state index >= 15 is 0 Å². The molecule has 10 heteroatoms. The number of methoxy groups -OCH3 is 1. The van der Waals surface area contributed by atoms with E-state index in [-0.39, 0.29) is 18.4 Å². The first-order chi connectivity index (χ1) is 16.9. The van der Waals surface area contributed by atoms with Crippen molar-refractivity contribution in [2.75, 3.05) is 20.3 Å². The zero-order valence-corrected chi connectivity index (χ0v) is 20.6. The third-order valence-electron chi connectivity index (χ3n) is 5.29. The number of hydrogen-bond acceptors (Lipinski definition) is 8. The summed E-state index contributed by atoms with van der Waals surface area (Å²) in [5.41, 5.74) is 2.38. The van der Waals surface area contributed by atoms with Gasteiger partial charge in [0.2, 0.25) is 5.25 Å². The number of carbonyl (C=O) groups excluding carboxylic acids is 2. The Morgan fingerprint density at radius 1 is 1.09 bits per heavy atom. The van der Waals surface area contributed by atoms with E-state index in [0.29, 0.717) is 22.5 Å². The highest BCUT2D eigenvalue weighted by Crippen LogP contribution is 2.32. The van der Waals surface area contributed by atoms with Crippen LogP contribution in [-0.2, 0) is 19.1 Å². The zero-order valence-electron chi connectivity index (χ0n) is 19.8. The van der Waals surface area contributed by atoms with Crippen LogP contribution in [0.4, 0.5) is 0 Å². The second-order valence-corrected chi connectivity index (χ2v) is 8.68. The van der Waals surface area contributed by atoms with Gasteiger partial charge in [-0.3, -0.25) is 14.4 Å². The summed E-state index contributed by atoms with van der Waals surface area (Å²) in [6, 6.07) is 12.8. The summed E-state index contributed by atoms with van der Waals surface area (Å²) in [5.74, 6) is -1.11. The number of hydrogen-bond donors (Lipinski definition) is 1. The van der Waals surface area contributed by atoms with E-state index in [2.05, 4.69) is 4.98 Å². The Labute approximate surface area is 205 Å². The molecular weight excluding hydrogens is 470 g/mol. The number of aromatic amines is 1. The Bertz CT molecular complexity index is 1460. The molecule has 4 rings (SSSR count). The van der Waals surface area contributed by atoms with Gasteiger partial charge in [0, 0.05) is 10.9 Å². The molecule has 0 saturated carbocycles. The number of esters is 2. The lowest BCUT2D eigenvalue weighted by molar-refractivity contribution is -0.152. The van der Waals surface area contributed by atoms with Crippen molar-refractivity contribution in [1.29, 1.82) is 0 Å². The topological polar surface area (TPSA) is 113 Å². The van der Waals surface area contributed by atoms with Crippen molar-refractivity contribution in [2.24, 2.45) is 0 Å². The first-order valence-electron chi connectivity index (χ1n) is 11.1. The van der Waals surface area contributed by atoms with E-state index in [9.17, 15) is 14.4 Å². The lowest BCUT2D eigenvalue weighted by Crippen LogP contribution is -2.32. The molecule has 0 atom stereocenters. The minimum Gasteiger partial charge on any atom is -0.495 e. The van der Waals surface area contributed by atoms with E-state index < -0.39 is 22.7 Å². The fourth-order valence-corrected chi connectivity index (χ4v) is 4.71. The number of aryl methyl sites for hydroxylation is 1. The van der Waals surface area contributed by atoms with Crippen LogP contribution >= 0.6 is 11.8 Å². The summed E-state index contributed by atoms with van der Waals surface area (Å²) in [6.07, 6.45) is 0. The van der Waals surface area contributed by atoms with Gasteiger partial charge in [-0.1, -0.05) is 36.0 Å². The number of ether oxygens (including phenoxy) is 3. The predicted octanol–water partition coefficient (Wildman–Crippen LogP) is 3.77. The van der Waals surface area contributed by atoms with E-state index in [0.717, 1.165) is 28.2 Å². The fraction of sp³-hybridized carbons (Fsp3) is 0.280. The lowest BCUT2D eigenvalue weighted by atomic mass is 10.2. The molecule has 4 aromatic rings.